The van der Waals surface area contributed by atoms with E-state index in [0.717, 1.165) is 24.8 Å². The predicted molar refractivity (Wildman–Crippen MR) is 153 cm³/mol. The molecule has 2 aromatic rings. The molecule has 0 aliphatic carbocycles. The molecule has 0 heterocycles. The summed E-state index contributed by atoms with van der Waals surface area (Å²) in [4.78, 5) is 41.8. The molecule has 0 radical (unpaired) electrons. The minimum atomic E-state index is -1.15. The zero-order valence-electron chi connectivity index (χ0n) is 24.4. The van der Waals surface area contributed by atoms with Gasteiger partial charge in [0.1, 0.15) is 30.0 Å². The molecule has 0 saturated carbocycles. The summed E-state index contributed by atoms with van der Waals surface area (Å²) < 4.78 is 5.41. The molecule has 9 nitrogen and oxygen atoms in total. The van der Waals surface area contributed by atoms with Crippen molar-refractivity contribution < 1.29 is 24.2 Å². The number of hydrogen-bond donors (Lipinski definition) is 3. The van der Waals surface area contributed by atoms with Gasteiger partial charge in [-0.05, 0) is 69.4 Å². The number of aromatic hydroxyl groups is 1. The van der Waals surface area contributed by atoms with Crippen LogP contribution >= 0.6 is 0 Å². The SMILES string of the molecule is CCCC(C)NC(=O)C(c1ccc(CC)cc1)N(CC#N)C(=O)C(Cc1ccc(O)cc1)NC(=O)OC(C)(C)C. The van der Waals surface area contributed by atoms with Crippen LogP contribution in [0.2, 0.25) is 0 Å². The monoisotopic (exact) mass is 550 g/mol. The topological polar surface area (TPSA) is 132 Å². The van der Waals surface area contributed by atoms with E-state index in [4.69, 9.17) is 4.74 Å². The van der Waals surface area contributed by atoms with E-state index in [1.54, 1.807) is 45.0 Å². The Bertz CT molecular complexity index is 1170. The third-order valence-electron chi connectivity index (χ3n) is 6.26. The van der Waals surface area contributed by atoms with Crippen LogP contribution in [-0.4, -0.2) is 52.1 Å². The summed E-state index contributed by atoms with van der Waals surface area (Å²) in [7, 11) is 0. The predicted octanol–water partition coefficient (Wildman–Crippen LogP) is 4.79. The van der Waals surface area contributed by atoms with Gasteiger partial charge in [-0.2, -0.15) is 5.26 Å². The molecule has 3 unspecified atom stereocenters. The van der Waals surface area contributed by atoms with E-state index < -0.39 is 35.6 Å². The van der Waals surface area contributed by atoms with Gasteiger partial charge in [-0.15, -0.1) is 0 Å². The third kappa shape index (κ3) is 9.92. The molecule has 0 spiro atoms. The lowest BCUT2D eigenvalue weighted by atomic mass is 9.98. The average Bonchev–Trinajstić information content (AvgIpc) is 2.88. The smallest absolute Gasteiger partial charge is 0.408 e. The normalized spacial score (nSPS) is 13.3. The molecule has 3 amide bonds. The van der Waals surface area contributed by atoms with Gasteiger partial charge in [0.25, 0.3) is 0 Å². The summed E-state index contributed by atoms with van der Waals surface area (Å²) in [6.45, 7) is 10.7. The first kappa shape index (κ1) is 32.2. The fraction of sp³-hybridized carbons (Fsp3) is 0.484. The van der Waals surface area contributed by atoms with Crippen molar-refractivity contribution in [2.75, 3.05) is 6.54 Å². The number of aryl methyl sites for hydroxylation is 1. The Balaban J connectivity index is 2.54. The lowest BCUT2D eigenvalue weighted by Crippen LogP contribution is -2.54. The van der Waals surface area contributed by atoms with Crippen LogP contribution in [0.15, 0.2) is 48.5 Å². The maximum absolute atomic E-state index is 14.1. The van der Waals surface area contributed by atoms with Gasteiger partial charge < -0.3 is 25.4 Å². The van der Waals surface area contributed by atoms with Gasteiger partial charge >= 0.3 is 6.09 Å². The minimum absolute atomic E-state index is 0.0512. The van der Waals surface area contributed by atoms with Crippen molar-refractivity contribution in [1.82, 2.24) is 15.5 Å². The molecule has 216 valence electrons. The van der Waals surface area contributed by atoms with Crippen LogP contribution in [0.4, 0.5) is 4.79 Å². The quantitative estimate of drug-likeness (QED) is 0.326. The second-order valence-corrected chi connectivity index (χ2v) is 10.9. The molecule has 2 aromatic carbocycles. The molecule has 40 heavy (non-hydrogen) atoms. The summed E-state index contributed by atoms with van der Waals surface area (Å²) in [6.07, 6.45) is 1.68. The Morgan fingerprint density at radius 1 is 1.00 bits per heavy atom. The molecule has 0 aromatic heterocycles. The molecule has 0 aliphatic rings. The number of carbonyl (C=O) groups is 3. The zero-order chi connectivity index (χ0) is 29.9. The minimum Gasteiger partial charge on any atom is -0.508 e. The molecule has 2 rings (SSSR count). The van der Waals surface area contributed by atoms with Crippen LogP contribution < -0.4 is 10.6 Å². The second-order valence-electron chi connectivity index (χ2n) is 10.9. The Labute approximate surface area is 237 Å². The van der Waals surface area contributed by atoms with Crippen molar-refractivity contribution in [3.05, 3.63) is 65.2 Å². The highest BCUT2D eigenvalue weighted by Crippen LogP contribution is 2.25. The van der Waals surface area contributed by atoms with Crippen molar-refractivity contribution in [3.8, 4) is 11.8 Å². The summed E-state index contributed by atoms with van der Waals surface area (Å²) in [5.74, 6) is -0.955. The Hall–Kier alpha value is -4.06. The van der Waals surface area contributed by atoms with E-state index in [1.165, 1.54) is 17.0 Å². The van der Waals surface area contributed by atoms with Gasteiger partial charge in [0, 0.05) is 12.5 Å². The summed E-state index contributed by atoms with van der Waals surface area (Å²) in [5.41, 5.74) is 1.48. The number of nitriles is 1. The molecule has 0 aliphatic heterocycles. The van der Waals surface area contributed by atoms with Crippen molar-refractivity contribution in [2.24, 2.45) is 0 Å². The first-order valence-corrected chi connectivity index (χ1v) is 13.7. The summed E-state index contributed by atoms with van der Waals surface area (Å²) in [6, 6.07) is 13.3. The zero-order valence-corrected chi connectivity index (χ0v) is 24.4. The van der Waals surface area contributed by atoms with Gasteiger partial charge in [-0.1, -0.05) is 56.7 Å². The Morgan fingerprint density at radius 3 is 2.12 bits per heavy atom. The fourth-order valence-corrected chi connectivity index (χ4v) is 4.33. The van der Waals surface area contributed by atoms with Crippen LogP contribution in [0.3, 0.4) is 0 Å². The number of nitrogens with one attached hydrogen (secondary N) is 2. The average molecular weight is 551 g/mol. The van der Waals surface area contributed by atoms with Gasteiger partial charge in [0.15, 0.2) is 0 Å². The molecule has 3 N–H and O–H groups in total. The van der Waals surface area contributed by atoms with Gasteiger partial charge in [-0.25, -0.2) is 4.79 Å². The maximum atomic E-state index is 14.1. The fourth-order valence-electron chi connectivity index (χ4n) is 4.33. The molecule has 0 saturated heterocycles. The van der Waals surface area contributed by atoms with E-state index in [1.807, 2.05) is 39.0 Å². The number of alkyl carbamates (subject to hydrolysis) is 1. The van der Waals surface area contributed by atoms with Crippen molar-refractivity contribution in [1.29, 1.82) is 5.26 Å². The second kappa shape index (κ2) is 14.9. The number of nitrogens with zero attached hydrogens (tertiary/aromatic N) is 2. The van der Waals surface area contributed by atoms with Crippen LogP contribution in [0, 0.1) is 11.3 Å². The molecule has 9 heteroatoms. The lowest BCUT2D eigenvalue weighted by molar-refractivity contribution is -0.142. The number of ether oxygens (including phenoxy) is 1. The summed E-state index contributed by atoms with van der Waals surface area (Å²) >= 11 is 0. The number of benzene rings is 2. The number of carbonyl (C=O) groups excluding carboxylic acids is 3. The van der Waals surface area contributed by atoms with Crippen LogP contribution in [-0.2, 0) is 27.2 Å². The summed E-state index contributed by atoms with van der Waals surface area (Å²) in [5, 5.41) is 25.1. The highest BCUT2D eigenvalue weighted by atomic mass is 16.6. The first-order valence-electron chi connectivity index (χ1n) is 13.7. The number of rotatable bonds is 12. The first-order chi connectivity index (χ1) is 18.9. The van der Waals surface area contributed by atoms with E-state index in [9.17, 15) is 24.8 Å². The van der Waals surface area contributed by atoms with Crippen LogP contribution in [0.1, 0.15) is 77.1 Å². The Morgan fingerprint density at radius 2 is 1.60 bits per heavy atom. The molecule has 0 fully saturated rings. The van der Waals surface area contributed by atoms with Gasteiger partial charge in [0.05, 0.1) is 6.07 Å². The van der Waals surface area contributed by atoms with Crippen molar-refractivity contribution in [2.45, 2.75) is 91.0 Å². The standard InChI is InChI=1S/C31H42N4O5/c1-7-9-21(3)33-28(37)27(24-14-10-22(8-2)11-15-24)35(19-18-32)29(38)26(34-30(39)40-31(4,5)6)20-23-12-16-25(36)17-13-23/h10-17,21,26-27,36H,7-9,19-20H2,1-6H3,(H,33,37)(H,34,39). The van der Waals surface area contributed by atoms with Crippen molar-refractivity contribution >= 4 is 17.9 Å². The molecule has 0 bridgehead atoms. The number of phenols is 1. The van der Waals surface area contributed by atoms with Gasteiger partial charge in [-0.3, -0.25) is 9.59 Å². The van der Waals surface area contributed by atoms with Crippen LogP contribution in [0.25, 0.3) is 0 Å². The van der Waals surface area contributed by atoms with Gasteiger partial charge in [0.2, 0.25) is 11.8 Å². The van der Waals surface area contributed by atoms with E-state index in [0.29, 0.717) is 11.1 Å². The number of hydrogen-bond acceptors (Lipinski definition) is 6. The van der Waals surface area contributed by atoms with E-state index in [-0.39, 0.29) is 24.8 Å². The maximum Gasteiger partial charge on any atom is 0.408 e. The molecule has 3 atom stereocenters. The third-order valence-corrected chi connectivity index (χ3v) is 6.26. The van der Waals surface area contributed by atoms with Crippen LogP contribution in [0.5, 0.6) is 5.75 Å². The molecular formula is C31H42N4O5. The van der Waals surface area contributed by atoms with E-state index >= 15 is 0 Å². The van der Waals surface area contributed by atoms with E-state index in [2.05, 4.69) is 10.6 Å². The number of phenolic OH excluding ortho intramolecular Hbond substituents is 1. The highest BCUT2D eigenvalue weighted by Gasteiger charge is 2.36. The molecular weight excluding hydrogens is 508 g/mol. The highest BCUT2D eigenvalue weighted by molar-refractivity contribution is 5.92. The van der Waals surface area contributed by atoms with Crippen molar-refractivity contribution in [3.63, 3.8) is 0 Å². The number of amides is 3. The lowest BCUT2D eigenvalue weighted by Gasteiger charge is -2.33. The largest absolute Gasteiger partial charge is 0.508 e. The Kier molecular flexibility index (Phi) is 12.0.